The quantitative estimate of drug-likeness (QED) is 0.449. The molecular formula is C14H20N4S. The van der Waals surface area contributed by atoms with E-state index in [9.17, 15) is 5.26 Å². The molecule has 1 aliphatic carbocycles. The normalized spacial score (nSPS) is 17.7. The lowest BCUT2D eigenvalue weighted by Gasteiger charge is -2.23. The van der Waals surface area contributed by atoms with Crippen LogP contribution in [0.5, 0.6) is 0 Å². The molecule has 1 saturated carbocycles. The first-order valence-electron chi connectivity index (χ1n) is 6.81. The monoisotopic (exact) mass is 276 g/mol. The maximum atomic E-state index is 9.26. The minimum Gasteiger partial charge on any atom is -0.297 e. The first-order chi connectivity index (χ1) is 9.22. The minimum absolute atomic E-state index is 0.352. The second-order valence-corrected chi connectivity index (χ2v) is 6.26. The Morgan fingerprint density at radius 1 is 1.42 bits per heavy atom. The van der Waals surface area contributed by atoms with Crippen molar-refractivity contribution in [2.24, 2.45) is 0 Å². The second-order valence-electron chi connectivity index (χ2n) is 5.20. The van der Waals surface area contributed by atoms with Gasteiger partial charge in [-0.2, -0.15) is 5.26 Å². The molecule has 19 heavy (non-hydrogen) atoms. The summed E-state index contributed by atoms with van der Waals surface area (Å²) in [4.78, 5) is 8.35. The van der Waals surface area contributed by atoms with Crippen LogP contribution in [0.4, 0.5) is 0 Å². The zero-order valence-electron chi connectivity index (χ0n) is 11.3. The number of nitriles is 1. The first kappa shape index (κ1) is 14.3. The van der Waals surface area contributed by atoms with Crippen LogP contribution in [-0.4, -0.2) is 27.3 Å². The van der Waals surface area contributed by atoms with Gasteiger partial charge in [-0.25, -0.2) is 9.97 Å². The summed E-state index contributed by atoms with van der Waals surface area (Å²) in [5.74, 6) is 1.01. The largest absolute Gasteiger partial charge is 0.297 e. The molecule has 1 atom stereocenters. The Balaban J connectivity index is 1.61. The molecule has 4 nitrogen and oxygen atoms in total. The molecule has 0 bridgehead atoms. The Bertz CT molecular complexity index is 427. The summed E-state index contributed by atoms with van der Waals surface area (Å²) in [7, 11) is 0. The van der Waals surface area contributed by atoms with Crippen molar-refractivity contribution in [3.05, 3.63) is 18.5 Å². The highest BCUT2D eigenvalue weighted by Gasteiger charge is 2.31. The number of nitrogens with one attached hydrogen (secondary N) is 1. The maximum absolute atomic E-state index is 9.26. The van der Waals surface area contributed by atoms with Gasteiger partial charge in [-0.1, -0.05) is 11.8 Å². The summed E-state index contributed by atoms with van der Waals surface area (Å²) < 4.78 is 0. The molecule has 0 radical (unpaired) electrons. The van der Waals surface area contributed by atoms with Crippen molar-refractivity contribution in [1.82, 2.24) is 15.3 Å². The molecule has 0 saturated heterocycles. The van der Waals surface area contributed by atoms with E-state index in [1.54, 1.807) is 24.2 Å². The fourth-order valence-corrected chi connectivity index (χ4v) is 2.74. The molecule has 5 heteroatoms. The minimum atomic E-state index is -0.352. The molecule has 0 aliphatic heterocycles. The van der Waals surface area contributed by atoms with Gasteiger partial charge >= 0.3 is 0 Å². The lowest BCUT2D eigenvalue weighted by Crippen LogP contribution is -2.42. The van der Waals surface area contributed by atoms with E-state index in [2.05, 4.69) is 21.4 Å². The molecule has 2 rings (SSSR count). The molecular weight excluding hydrogens is 256 g/mol. The number of thioether (sulfide) groups is 1. The summed E-state index contributed by atoms with van der Waals surface area (Å²) in [5, 5.41) is 13.5. The zero-order valence-corrected chi connectivity index (χ0v) is 12.1. The Morgan fingerprint density at radius 2 is 2.16 bits per heavy atom. The number of unbranched alkanes of at least 4 members (excludes halogenated alkanes) is 1. The van der Waals surface area contributed by atoms with Crippen LogP contribution in [0, 0.1) is 11.3 Å². The number of nitrogens with zero attached hydrogens (tertiary/aromatic N) is 3. The molecule has 102 valence electrons. The standard InChI is InChI=1S/C14H20N4S/c1-14(11-15,18-12-5-6-12)7-2-3-10-19-13-16-8-4-9-17-13/h4,8-9,12,18H,2-3,5-7,10H2,1H3. The molecule has 0 amide bonds. The third-order valence-corrected chi connectivity index (χ3v) is 4.15. The zero-order chi connectivity index (χ0) is 13.6. The summed E-state index contributed by atoms with van der Waals surface area (Å²) in [5.41, 5.74) is -0.352. The van der Waals surface area contributed by atoms with Gasteiger partial charge in [-0.15, -0.1) is 0 Å². The number of hydrogen-bond donors (Lipinski definition) is 1. The summed E-state index contributed by atoms with van der Waals surface area (Å²) in [6.07, 6.45) is 9.03. The molecule has 1 unspecified atom stereocenters. The van der Waals surface area contributed by atoms with Crippen LogP contribution in [0.25, 0.3) is 0 Å². The van der Waals surface area contributed by atoms with Gasteiger partial charge in [0.05, 0.1) is 6.07 Å². The highest BCUT2D eigenvalue weighted by molar-refractivity contribution is 7.99. The van der Waals surface area contributed by atoms with Crippen LogP contribution < -0.4 is 5.32 Å². The summed E-state index contributed by atoms with van der Waals surface area (Å²) in [6.45, 7) is 2.01. The molecule has 1 fully saturated rings. The molecule has 1 aromatic rings. The van der Waals surface area contributed by atoms with Crippen molar-refractivity contribution in [3.8, 4) is 6.07 Å². The van der Waals surface area contributed by atoms with E-state index in [4.69, 9.17) is 0 Å². The van der Waals surface area contributed by atoms with Crippen LogP contribution in [0.1, 0.15) is 39.0 Å². The Morgan fingerprint density at radius 3 is 2.79 bits per heavy atom. The Labute approximate surface area is 119 Å². The predicted octanol–water partition coefficient (Wildman–Crippen LogP) is 2.77. The van der Waals surface area contributed by atoms with E-state index in [0.717, 1.165) is 30.2 Å². The van der Waals surface area contributed by atoms with E-state index in [-0.39, 0.29) is 5.54 Å². The van der Waals surface area contributed by atoms with E-state index in [1.165, 1.54) is 12.8 Å². The van der Waals surface area contributed by atoms with Gasteiger partial charge in [-0.05, 0) is 45.1 Å². The highest BCUT2D eigenvalue weighted by Crippen LogP contribution is 2.25. The molecule has 0 spiro atoms. The van der Waals surface area contributed by atoms with Gasteiger partial charge in [0.1, 0.15) is 5.54 Å². The van der Waals surface area contributed by atoms with Crippen LogP contribution in [0.15, 0.2) is 23.6 Å². The van der Waals surface area contributed by atoms with Gasteiger partial charge in [0.2, 0.25) is 0 Å². The lowest BCUT2D eigenvalue weighted by atomic mass is 9.96. The van der Waals surface area contributed by atoms with Crippen molar-refractivity contribution in [2.45, 2.75) is 55.8 Å². The second kappa shape index (κ2) is 6.88. The van der Waals surface area contributed by atoms with Gasteiger partial charge in [0.15, 0.2) is 5.16 Å². The Hall–Kier alpha value is -1.12. The van der Waals surface area contributed by atoms with Crippen LogP contribution in [0.2, 0.25) is 0 Å². The molecule has 1 N–H and O–H groups in total. The Kier molecular flexibility index (Phi) is 5.17. The van der Waals surface area contributed by atoms with Crippen molar-refractivity contribution in [1.29, 1.82) is 5.26 Å². The van der Waals surface area contributed by atoms with E-state index in [0.29, 0.717) is 6.04 Å². The van der Waals surface area contributed by atoms with E-state index in [1.807, 2.05) is 13.0 Å². The number of aromatic nitrogens is 2. The summed E-state index contributed by atoms with van der Waals surface area (Å²) in [6, 6.07) is 4.82. The summed E-state index contributed by atoms with van der Waals surface area (Å²) >= 11 is 1.68. The van der Waals surface area contributed by atoms with Gasteiger partial charge in [-0.3, -0.25) is 5.32 Å². The van der Waals surface area contributed by atoms with Crippen molar-refractivity contribution < 1.29 is 0 Å². The maximum Gasteiger partial charge on any atom is 0.187 e. The molecule has 0 aromatic carbocycles. The average molecular weight is 276 g/mol. The van der Waals surface area contributed by atoms with Gasteiger partial charge < -0.3 is 0 Å². The third kappa shape index (κ3) is 5.17. The van der Waals surface area contributed by atoms with Crippen molar-refractivity contribution in [3.63, 3.8) is 0 Å². The predicted molar refractivity (Wildman–Crippen MR) is 76.8 cm³/mol. The van der Waals surface area contributed by atoms with E-state index < -0.39 is 0 Å². The third-order valence-electron chi connectivity index (χ3n) is 3.19. The number of rotatable bonds is 8. The highest BCUT2D eigenvalue weighted by atomic mass is 32.2. The molecule has 1 aliphatic rings. The smallest absolute Gasteiger partial charge is 0.187 e. The average Bonchev–Trinajstić information content (AvgIpc) is 3.23. The van der Waals surface area contributed by atoms with Gasteiger partial charge in [0, 0.05) is 24.2 Å². The van der Waals surface area contributed by atoms with Crippen LogP contribution >= 0.6 is 11.8 Å². The molecule has 1 aromatic heterocycles. The van der Waals surface area contributed by atoms with Crippen LogP contribution in [0.3, 0.4) is 0 Å². The van der Waals surface area contributed by atoms with Crippen molar-refractivity contribution in [2.75, 3.05) is 5.75 Å². The lowest BCUT2D eigenvalue weighted by molar-refractivity contribution is 0.402. The SMILES string of the molecule is CC(C#N)(CCCCSc1ncccn1)NC1CC1. The fourth-order valence-electron chi connectivity index (χ4n) is 1.94. The molecule has 1 heterocycles. The first-order valence-corrected chi connectivity index (χ1v) is 7.79. The van der Waals surface area contributed by atoms with E-state index >= 15 is 0 Å². The number of hydrogen-bond acceptors (Lipinski definition) is 5. The topological polar surface area (TPSA) is 61.6 Å². The fraction of sp³-hybridized carbons (Fsp3) is 0.643. The van der Waals surface area contributed by atoms with Crippen molar-refractivity contribution >= 4 is 11.8 Å². The van der Waals surface area contributed by atoms with Gasteiger partial charge in [0.25, 0.3) is 0 Å². The van der Waals surface area contributed by atoms with Crippen LogP contribution in [-0.2, 0) is 0 Å².